The molecule has 1 heterocycles. The molecule has 1 aliphatic rings. The van der Waals surface area contributed by atoms with Gasteiger partial charge in [0.2, 0.25) is 10.0 Å². The van der Waals surface area contributed by atoms with Crippen molar-refractivity contribution in [3.8, 4) is 0 Å². The van der Waals surface area contributed by atoms with Crippen molar-refractivity contribution in [1.82, 2.24) is 9.62 Å². The SMILES string of the molecule is CN1CCC(NS(=O)(=O)c2ccc(F)c(C(=O)O)c2F)C1. The van der Waals surface area contributed by atoms with Crippen molar-refractivity contribution in [2.24, 2.45) is 0 Å². The molecule has 0 aliphatic carbocycles. The third kappa shape index (κ3) is 3.20. The van der Waals surface area contributed by atoms with Crippen LogP contribution in [0.25, 0.3) is 0 Å². The fourth-order valence-corrected chi connectivity index (χ4v) is 3.59. The van der Waals surface area contributed by atoms with E-state index < -0.39 is 44.1 Å². The Bertz CT molecular complexity index is 678. The minimum absolute atomic E-state index is 0.391. The zero-order chi connectivity index (χ0) is 15.8. The van der Waals surface area contributed by atoms with E-state index in [1.165, 1.54) is 0 Å². The van der Waals surface area contributed by atoms with Gasteiger partial charge in [-0.3, -0.25) is 0 Å². The molecule has 21 heavy (non-hydrogen) atoms. The van der Waals surface area contributed by atoms with E-state index in [0.717, 1.165) is 6.07 Å². The molecule has 1 aliphatic heterocycles. The fourth-order valence-electron chi connectivity index (χ4n) is 2.25. The van der Waals surface area contributed by atoms with Crippen LogP contribution in [0.15, 0.2) is 17.0 Å². The minimum atomic E-state index is -4.25. The Kier molecular flexibility index (Phi) is 4.26. The van der Waals surface area contributed by atoms with Gasteiger partial charge in [0.05, 0.1) is 0 Å². The van der Waals surface area contributed by atoms with E-state index >= 15 is 0 Å². The predicted octanol–water partition coefficient (Wildman–Crippen LogP) is 0.645. The number of sulfonamides is 1. The van der Waals surface area contributed by atoms with Crippen LogP contribution in [-0.4, -0.2) is 50.6 Å². The number of nitrogens with zero attached hydrogens (tertiary/aromatic N) is 1. The molecule has 1 atom stereocenters. The number of likely N-dealkylation sites (tertiary alicyclic amines) is 1. The number of likely N-dealkylation sites (N-methyl/N-ethyl adjacent to an activating group) is 1. The van der Waals surface area contributed by atoms with Crippen LogP contribution in [0.4, 0.5) is 8.78 Å². The van der Waals surface area contributed by atoms with Gasteiger partial charge in [-0.25, -0.2) is 26.7 Å². The van der Waals surface area contributed by atoms with E-state index in [1.54, 1.807) is 0 Å². The highest BCUT2D eigenvalue weighted by atomic mass is 32.2. The zero-order valence-corrected chi connectivity index (χ0v) is 12.0. The van der Waals surface area contributed by atoms with Crippen LogP contribution in [0.3, 0.4) is 0 Å². The van der Waals surface area contributed by atoms with Gasteiger partial charge in [-0.1, -0.05) is 0 Å². The van der Waals surface area contributed by atoms with Gasteiger partial charge in [-0.05, 0) is 32.1 Å². The molecule has 0 saturated carbocycles. The van der Waals surface area contributed by atoms with Crippen molar-refractivity contribution in [1.29, 1.82) is 0 Å². The first-order valence-electron chi connectivity index (χ1n) is 6.14. The highest BCUT2D eigenvalue weighted by Crippen LogP contribution is 2.22. The second kappa shape index (κ2) is 5.66. The molecular formula is C12H14F2N2O4S. The number of nitrogens with one attached hydrogen (secondary N) is 1. The highest BCUT2D eigenvalue weighted by Gasteiger charge is 2.30. The minimum Gasteiger partial charge on any atom is -0.477 e. The molecule has 2 N–H and O–H groups in total. The first-order valence-corrected chi connectivity index (χ1v) is 7.63. The van der Waals surface area contributed by atoms with Crippen LogP contribution in [0, 0.1) is 11.6 Å². The van der Waals surface area contributed by atoms with Gasteiger partial charge >= 0.3 is 5.97 Å². The molecule has 1 saturated heterocycles. The van der Waals surface area contributed by atoms with Crippen LogP contribution in [0.5, 0.6) is 0 Å². The molecule has 1 unspecified atom stereocenters. The van der Waals surface area contributed by atoms with E-state index in [1.807, 2.05) is 11.9 Å². The van der Waals surface area contributed by atoms with E-state index in [0.29, 0.717) is 25.6 Å². The van der Waals surface area contributed by atoms with Crippen molar-refractivity contribution in [2.45, 2.75) is 17.4 Å². The lowest BCUT2D eigenvalue weighted by molar-refractivity contribution is 0.0685. The second-order valence-electron chi connectivity index (χ2n) is 4.91. The first-order chi connectivity index (χ1) is 9.72. The Morgan fingerprint density at radius 2 is 2.10 bits per heavy atom. The summed E-state index contributed by atoms with van der Waals surface area (Å²) in [6.07, 6.45) is 0.560. The summed E-state index contributed by atoms with van der Waals surface area (Å²) < 4.78 is 53.8. The molecule has 0 bridgehead atoms. The van der Waals surface area contributed by atoms with Crippen LogP contribution in [0.1, 0.15) is 16.8 Å². The molecule has 9 heteroatoms. The maximum Gasteiger partial charge on any atom is 0.341 e. The Balaban J connectivity index is 2.37. The average Bonchev–Trinajstić information content (AvgIpc) is 2.72. The number of carbonyl (C=O) groups is 1. The van der Waals surface area contributed by atoms with E-state index in [2.05, 4.69) is 4.72 Å². The number of rotatable bonds is 4. The molecule has 0 radical (unpaired) electrons. The van der Waals surface area contributed by atoms with Gasteiger partial charge in [0, 0.05) is 12.6 Å². The van der Waals surface area contributed by atoms with Crippen molar-refractivity contribution >= 4 is 16.0 Å². The zero-order valence-electron chi connectivity index (χ0n) is 11.1. The lowest BCUT2D eigenvalue weighted by atomic mass is 10.2. The summed E-state index contributed by atoms with van der Waals surface area (Å²) in [5, 5.41) is 8.75. The van der Waals surface area contributed by atoms with Crippen LogP contribution in [0.2, 0.25) is 0 Å². The Hall–Kier alpha value is -1.58. The average molecular weight is 320 g/mol. The maximum absolute atomic E-state index is 14.0. The topological polar surface area (TPSA) is 86.7 Å². The van der Waals surface area contributed by atoms with Crippen molar-refractivity contribution in [2.75, 3.05) is 20.1 Å². The van der Waals surface area contributed by atoms with Crippen molar-refractivity contribution in [3.05, 3.63) is 29.3 Å². The smallest absolute Gasteiger partial charge is 0.341 e. The summed E-state index contributed by atoms with van der Waals surface area (Å²) in [6.45, 7) is 1.16. The third-order valence-electron chi connectivity index (χ3n) is 3.27. The summed E-state index contributed by atoms with van der Waals surface area (Å²) in [7, 11) is -2.44. The standard InChI is InChI=1S/C12H14F2N2O4S/c1-16-5-4-7(6-16)15-21(19,20)9-3-2-8(13)10(11(9)14)12(17)18/h2-3,7,15H,4-6H2,1H3,(H,17,18). The highest BCUT2D eigenvalue weighted by molar-refractivity contribution is 7.89. The summed E-state index contributed by atoms with van der Waals surface area (Å²) >= 11 is 0. The lowest BCUT2D eigenvalue weighted by Gasteiger charge is -2.14. The van der Waals surface area contributed by atoms with E-state index in [4.69, 9.17) is 5.11 Å². The molecular weight excluding hydrogens is 306 g/mol. The normalized spacial score (nSPS) is 19.9. The largest absolute Gasteiger partial charge is 0.477 e. The fraction of sp³-hybridized carbons (Fsp3) is 0.417. The number of carboxylic acid groups (broad SMARTS) is 1. The quantitative estimate of drug-likeness (QED) is 0.850. The van der Waals surface area contributed by atoms with Crippen molar-refractivity contribution < 1.29 is 27.1 Å². The Labute approximate surface area is 120 Å². The number of aromatic carboxylic acids is 1. The van der Waals surface area contributed by atoms with Gasteiger partial charge < -0.3 is 10.0 Å². The molecule has 2 rings (SSSR count). The van der Waals surface area contributed by atoms with Crippen LogP contribution in [-0.2, 0) is 10.0 Å². The van der Waals surface area contributed by atoms with Gasteiger partial charge in [0.15, 0.2) is 5.82 Å². The molecule has 1 fully saturated rings. The van der Waals surface area contributed by atoms with Gasteiger partial charge in [0.1, 0.15) is 16.3 Å². The molecule has 0 spiro atoms. The third-order valence-corrected chi connectivity index (χ3v) is 4.81. The van der Waals surface area contributed by atoms with Crippen molar-refractivity contribution in [3.63, 3.8) is 0 Å². The molecule has 1 aromatic carbocycles. The maximum atomic E-state index is 14.0. The number of hydrogen-bond acceptors (Lipinski definition) is 4. The number of benzene rings is 1. The number of halogens is 2. The molecule has 0 aromatic heterocycles. The van der Waals surface area contributed by atoms with Gasteiger partial charge in [-0.2, -0.15) is 0 Å². The lowest BCUT2D eigenvalue weighted by Crippen LogP contribution is -2.37. The molecule has 0 amide bonds. The Morgan fingerprint density at radius 1 is 1.43 bits per heavy atom. The van der Waals surface area contributed by atoms with E-state index in [9.17, 15) is 22.0 Å². The van der Waals surface area contributed by atoms with Gasteiger partial charge in [-0.15, -0.1) is 0 Å². The summed E-state index contributed by atoms with van der Waals surface area (Å²) in [5.41, 5.74) is -1.28. The first kappa shape index (κ1) is 15.8. The van der Waals surface area contributed by atoms with Gasteiger partial charge in [0.25, 0.3) is 0 Å². The van der Waals surface area contributed by atoms with E-state index in [-0.39, 0.29) is 0 Å². The summed E-state index contributed by atoms with van der Waals surface area (Å²) in [5.74, 6) is -4.77. The Morgan fingerprint density at radius 3 is 2.62 bits per heavy atom. The number of carboxylic acids is 1. The van der Waals surface area contributed by atoms with Crippen LogP contribution < -0.4 is 4.72 Å². The summed E-state index contributed by atoms with van der Waals surface area (Å²) in [6, 6.07) is 0.956. The summed E-state index contributed by atoms with van der Waals surface area (Å²) in [4.78, 5) is 11.8. The molecule has 1 aromatic rings. The predicted molar refractivity (Wildman–Crippen MR) is 69.5 cm³/mol. The second-order valence-corrected chi connectivity index (χ2v) is 6.59. The molecule has 116 valence electrons. The molecule has 6 nitrogen and oxygen atoms in total. The monoisotopic (exact) mass is 320 g/mol. The number of hydrogen-bond donors (Lipinski definition) is 2. The van der Waals surface area contributed by atoms with Crippen LogP contribution >= 0.6 is 0 Å².